The van der Waals surface area contributed by atoms with Gasteiger partial charge in [-0.3, -0.25) is 4.79 Å². The van der Waals surface area contributed by atoms with Gasteiger partial charge in [-0.25, -0.2) is 14.4 Å². The molecule has 0 saturated heterocycles. The van der Waals surface area contributed by atoms with Crippen LogP contribution in [0.4, 0.5) is 16.0 Å². The van der Waals surface area contributed by atoms with Crippen LogP contribution < -0.4 is 11.1 Å². The number of benzene rings is 3. The summed E-state index contributed by atoms with van der Waals surface area (Å²) >= 11 is 5.77. The van der Waals surface area contributed by atoms with Crippen LogP contribution in [0, 0.1) is 12.7 Å². The van der Waals surface area contributed by atoms with Crippen molar-refractivity contribution < 1.29 is 9.18 Å². The van der Waals surface area contributed by atoms with E-state index < -0.39 is 11.7 Å². The van der Waals surface area contributed by atoms with Crippen molar-refractivity contribution in [3.05, 3.63) is 82.8 Å². The average molecular weight is 407 g/mol. The molecular weight excluding hydrogens is 391 g/mol. The van der Waals surface area contributed by atoms with Crippen LogP contribution in [0.1, 0.15) is 15.9 Å². The van der Waals surface area contributed by atoms with E-state index in [1.165, 1.54) is 18.2 Å². The Bertz CT molecular complexity index is 1260. The topological polar surface area (TPSA) is 80.9 Å². The number of hydrogen-bond donors (Lipinski definition) is 2. The molecule has 0 saturated carbocycles. The number of aryl methyl sites for hydroxylation is 1. The summed E-state index contributed by atoms with van der Waals surface area (Å²) in [6, 6.07) is 15.6. The average Bonchev–Trinajstić information content (AvgIpc) is 2.71. The second-order valence-electron chi connectivity index (χ2n) is 6.59. The van der Waals surface area contributed by atoms with Crippen molar-refractivity contribution in [1.82, 2.24) is 9.97 Å². The van der Waals surface area contributed by atoms with Crippen LogP contribution >= 0.6 is 11.6 Å². The first-order valence-corrected chi connectivity index (χ1v) is 9.19. The molecule has 0 fully saturated rings. The number of nitrogens with two attached hydrogens (primary N) is 1. The van der Waals surface area contributed by atoms with Crippen LogP contribution in [0.25, 0.3) is 22.0 Å². The van der Waals surface area contributed by atoms with Crippen molar-refractivity contribution in [3.8, 4) is 11.1 Å². The SMILES string of the molecule is Cc1ccc(NC(=O)c2cccc(Cl)c2F)cc1-c1ccc2nc(N)ncc2c1. The molecular formula is C22H16ClFN4O. The fraction of sp³-hybridized carbons (Fsp3) is 0.0455. The Labute approximate surface area is 171 Å². The molecule has 0 bridgehead atoms. The molecule has 0 atom stereocenters. The Morgan fingerprint density at radius 1 is 1.14 bits per heavy atom. The molecule has 3 aromatic carbocycles. The first-order chi connectivity index (χ1) is 13.9. The minimum Gasteiger partial charge on any atom is -0.368 e. The highest BCUT2D eigenvalue weighted by Gasteiger charge is 2.15. The van der Waals surface area contributed by atoms with Crippen LogP contribution in [0.5, 0.6) is 0 Å². The largest absolute Gasteiger partial charge is 0.368 e. The van der Waals surface area contributed by atoms with Gasteiger partial charge in [-0.05, 0) is 60.0 Å². The highest BCUT2D eigenvalue weighted by Crippen LogP contribution is 2.29. The molecule has 3 N–H and O–H groups in total. The van der Waals surface area contributed by atoms with Gasteiger partial charge in [0.2, 0.25) is 5.95 Å². The van der Waals surface area contributed by atoms with Gasteiger partial charge < -0.3 is 11.1 Å². The van der Waals surface area contributed by atoms with Crippen LogP contribution in [0.2, 0.25) is 5.02 Å². The molecule has 0 radical (unpaired) electrons. The number of nitrogens with zero attached hydrogens (tertiary/aromatic N) is 2. The minimum absolute atomic E-state index is 0.0961. The van der Waals surface area contributed by atoms with Crippen LogP contribution in [0.15, 0.2) is 60.8 Å². The standard InChI is InChI=1S/C22H16ClFN4O/c1-12-5-7-15(27-21(29)16-3-2-4-18(23)20(16)24)10-17(12)13-6-8-19-14(9-13)11-26-22(25)28-19/h2-11H,1H3,(H,27,29)(H2,25,26,28). The third-order valence-corrected chi connectivity index (χ3v) is 4.89. The van der Waals surface area contributed by atoms with Crippen molar-refractivity contribution in [3.63, 3.8) is 0 Å². The normalized spacial score (nSPS) is 10.9. The van der Waals surface area contributed by atoms with Gasteiger partial charge in [0.25, 0.3) is 5.91 Å². The second-order valence-corrected chi connectivity index (χ2v) is 6.99. The van der Waals surface area contributed by atoms with Crippen LogP contribution in [-0.4, -0.2) is 15.9 Å². The minimum atomic E-state index is -0.743. The zero-order chi connectivity index (χ0) is 20.5. The van der Waals surface area contributed by atoms with E-state index in [0.717, 1.165) is 27.6 Å². The molecule has 0 aliphatic carbocycles. The number of carbonyl (C=O) groups is 1. The lowest BCUT2D eigenvalue weighted by atomic mass is 9.98. The van der Waals surface area contributed by atoms with Gasteiger partial charge in [0.05, 0.1) is 16.1 Å². The zero-order valence-electron chi connectivity index (χ0n) is 15.4. The molecule has 4 rings (SSSR count). The van der Waals surface area contributed by atoms with E-state index in [-0.39, 0.29) is 16.5 Å². The van der Waals surface area contributed by atoms with Gasteiger partial charge >= 0.3 is 0 Å². The van der Waals surface area contributed by atoms with E-state index >= 15 is 0 Å². The smallest absolute Gasteiger partial charge is 0.258 e. The molecule has 4 aromatic rings. The van der Waals surface area contributed by atoms with E-state index in [2.05, 4.69) is 15.3 Å². The van der Waals surface area contributed by atoms with Crippen LogP contribution in [0.3, 0.4) is 0 Å². The molecule has 29 heavy (non-hydrogen) atoms. The fourth-order valence-electron chi connectivity index (χ4n) is 3.10. The third kappa shape index (κ3) is 3.75. The van der Waals surface area contributed by atoms with Crippen molar-refractivity contribution in [2.45, 2.75) is 6.92 Å². The molecule has 1 heterocycles. The maximum absolute atomic E-state index is 14.1. The summed E-state index contributed by atoms with van der Waals surface area (Å²) in [5.74, 6) is -1.09. The molecule has 0 aliphatic heterocycles. The number of amides is 1. The fourth-order valence-corrected chi connectivity index (χ4v) is 3.28. The van der Waals surface area contributed by atoms with E-state index in [0.29, 0.717) is 5.69 Å². The Kier molecular flexibility index (Phi) is 4.86. The highest BCUT2D eigenvalue weighted by molar-refractivity contribution is 6.31. The summed E-state index contributed by atoms with van der Waals surface area (Å²) in [5.41, 5.74) is 9.70. The molecule has 0 unspecified atom stereocenters. The third-order valence-electron chi connectivity index (χ3n) is 4.60. The summed E-state index contributed by atoms with van der Waals surface area (Å²) < 4.78 is 14.1. The van der Waals surface area contributed by atoms with Crippen molar-refractivity contribution >= 4 is 40.0 Å². The maximum Gasteiger partial charge on any atom is 0.258 e. The van der Waals surface area contributed by atoms with Gasteiger partial charge in [-0.15, -0.1) is 0 Å². The second kappa shape index (κ2) is 7.48. The van der Waals surface area contributed by atoms with E-state index in [1.807, 2.05) is 37.3 Å². The molecule has 1 aromatic heterocycles. The summed E-state index contributed by atoms with van der Waals surface area (Å²) in [7, 11) is 0. The van der Waals surface area contributed by atoms with Gasteiger partial charge in [0, 0.05) is 17.3 Å². The first-order valence-electron chi connectivity index (χ1n) is 8.81. The summed E-state index contributed by atoms with van der Waals surface area (Å²) in [4.78, 5) is 20.7. The van der Waals surface area contributed by atoms with Gasteiger partial charge in [0.1, 0.15) is 0 Å². The first kappa shape index (κ1) is 18.8. The van der Waals surface area contributed by atoms with E-state index in [1.54, 1.807) is 12.3 Å². The lowest BCUT2D eigenvalue weighted by Crippen LogP contribution is -2.14. The predicted molar refractivity (Wildman–Crippen MR) is 113 cm³/mol. The maximum atomic E-state index is 14.1. The molecule has 1 amide bonds. The number of hydrogen-bond acceptors (Lipinski definition) is 4. The van der Waals surface area contributed by atoms with Gasteiger partial charge in [-0.2, -0.15) is 0 Å². The number of carbonyl (C=O) groups excluding carboxylic acids is 1. The highest BCUT2D eigenvalue weighted by atomic mass is 35.5. The number of aromatic nitrogens is 2. The van der Waals surface area contributed by atoms with Crippen molar-refractivity contribution in [2.75, 3.05) is 11.1 Å². The number of halogens is 2. The summed E-state index contributed by atoms with van der Waals surface area (Å²) in [5, 5.41) is 3.49. The number of fused-ring (bicyclic) bond motifs is 1. The van der Waals surface area contributed by atoms with E-state index in [4.69, 9.17) is 17.3 Å². The molecule has 7 heteroatoms. The number of nitrogen functional groups attached to an aromatic ring is 1. The molecule has 5 nitrogen and oxygen atoms in total. The van der Waals surface area contributed by atoms with E-state index in [9.17, 15) is 9.18 Å². The Morgan fingerprint density at radius 3 is 2.79 bits per heavy atom. The number of nitrogens with one attached hydrogen (secondary N) is 1. The van der Waals surface area contributed by atoms with Gasteiger partial charge in [0.15, 0.2) is 5.82 Å². The van der Waals surface area contributed by atoms with Crippen LogP contribution in [-0.2, 0) is 0 Å². The molecule has 0 aliphatic rings. The monoisotopic (exact) mass is 406 g/mol. The summed E-state index contributed by atoms with van der Waals surface area (Å²) in [6.45, 7) is 1.97. The molecule has 144 valence electrons. The summed E-state index contributed by atoms with van der Waals surface area (Å²) in [6.07, 6.45) is 1.67. The Balaban J connectivity index is 1.68. The van der Waals surface area contributed by atoms with Gasteiger partial charge in [-0.1, -0.05) is 29.8 Å². The zero-order valence-corrected chi connectivity index (χ0v) is 16.2. The quantitative estimate of drug-likeness (QED) is 0.488. The number of anilines is 2. The predicted octanol–water partition coefficient (Wildman–Crippen LogP) is 5.23. The number of rotatable bonds is 3. The lowest BCUT2D eigenvalue weighted by molar-refractivity contribution is 0.102. The Morgan fingerprint density at radius 2 is 1.97 bits per heavy atom. The lowest BCUT2D eigenvalue weighted by Gasteiger charge is -2.12. The van der Waals surface area contributed by atoms with Crippen molar-refractivity contribution in [2.24, 2.45) is 0 Å². The Hall–Kier alpha value is -3.51. The van der Waals surface area contributed by atoms with Crippen molar-refractivity contribution in [1.29, 1.82) is 0 Å². The molecule has 0 spiro atoms.